The van der Waals surface area contributed by atoms with Crippen molar-refractivity contribution in [1.29, 1.82) is 0 Å². The minimum Gasteiger partial charge on any atom is -0.343 e. The predicted octanol–water partition coefficient (Wildman–Crippen LogP) is 3.04. The van der Waals surface area contributed by atoms with Crippen LogP contribution in [0.4, 0.5) is 0 Å². The van der Waals surface area contributed by atoms with Crippen molar-refractivity contribution in [3.05, 3.63) is 0 Å². The molecule has 1 amide bonds. The minimum absolute atomic E-state index is 0.360. The molecular weight excluding hydrogens is 236 g/mol. The molecule has 3 nitrogen and oxygen atoms in total. The van der Waals surface area contributed by atoms with Crippen LogP contribution in [-0.2, 0) is 4.79 Å². The molecule has 1 aliphatic rings. The molecule has 1 aliphatic carbocycles. The molecule has 1 fully saturated rings. The molecule has 0 aromatic carbocycles. The molecule has 1 unspecified atom stereocenters. The van der Waals surface area contributed by atoms with Crippen LogP contribution in [0.25, 0.3) is 0 Å². The highest BCUT2D eigenvalue weighted by Gasteiger charge is 2.24. The van der Waals surface area contributed by atoms with Crippen LogP contribution in [0, 0.1) is 17.8 Å². The van der Waals surface area contributed by atoms with E-state index in [0.717, 1.165) is 32.5 Å². The van der Waals surface area contributed by atoms with Gasteiger partial charge in [0.05, 0.1) is 0 Å². The average molecular weight is 268 g/mol. The van der Waals surface area contributed by atoms with Crippen molar-refractivity contribution in [3.63, 3.8) is 0 Å². The van der Waals surface area contributed by atoms with Crippen molar-refractivity contribution in [2.75, 3.05) is 19.6 Å². The zero-order valence-electron chi connectivity index (χ0n) is 13.0. The van der Waals surface area contributed by atoms with Gasteiger partial charge in [-0.1, -0.05) is 20.3 Å². The molecule has 2 N–H and O–H groups in total. The Morgan fingerprint density at radius 3 is 2.26 bits per heavy atom. The van der Waals surface area contributed by atoms with Gasteiger partial charge in [-0.05, 0) is 56.9 Å². The first-order valence-electron chi connectivity index (χ1n) is 8.08. The van der Waals surface area contributed by atoms with Gasteiger partial charge in [0.25, 0.3) is 0 Å². The van der Waals surface area contributed by atoms with Crippen LogP contribution < -0.4 is 5.73 Å². The van der Waals surface area contributed by atoms with Crippen LogP contribution in [0.3, 0.4) is 0 Å². The third kappa shape index (κ3) is 5.52. The summed E-state index contributed by atoms with van der Waals surface area (Å²) in [6, 6.07) is 0. The molecule has 0 spiro atoms. The Bertz CT molecular complexity index is 259. The number of hydrogen-bond acceptors (Lipinski definition) is 2. The lowest BCUT2D eigenvalue weighted by molar-refractivity contribution is -0.132. The van der Waals surface area contributed by atoms with Gasteiger partial charge in [0.15, 0.2) is 0 Å². The highest BCUT2D eigenvalue weighted by molar-refractivity contribution is 5.76. The number of carbonyl (C=O) groups excluding carboxylic acids is 1. The molecule has 1 rings (SSSR count). The van der Waals surface area contributed by atoms with Crippen LogP contribution in [0.1, 0.15) is 59.3 Å². The molecule has 0 saturated heterocycles. The van der Waals surface area contributed by atoms with E-state index in [1.807, 2.05) is 4.90 Å². The van der Waals surface area contributed by atoms with Crippen molar-refractivity contribution in [2.24, 2.45) is 23.5 Å². The van der Waals surface area contributed by atoms with E-state index >= 15 is 0 Å². The number of nitrogens with two attached hydrogens (primary N) is 1. The van der Waals surface area contributed by atoms with Gasteiger partial charge in [-0.3, -0.25) is 4.79 Å². The van der Waals surface area contributed by atoms with E-state index in [-0.39, 0.29) is 0 Å². The van der Waals surface area contributed by atoms with Gasteiger partial charge in [-0.25, -0.2) is 0 Å². The van der Waals surface area contributed by atoms with Gasteiger partial charge in [0.2, 0.25) is 5.91 Å². The molecule has 1 atom stereocenters. The van der Waals surface area contributed by atoms with Crippen LogP contribution in [0.5, 0.6) is 0 Å². The number of rotatable bonds is 7. The normalized spacial score (nSPS) is 25.1. The molecule has 1 saturated carbocycles. The first-order valence-corrected chi connectivity index (χ1v) is 8.08. The minimum atomic E-state index is 0.360. The standard InChI is InChI=1S/C16H32N2O/c1-4-13(3)12-18(5-2)16(19)10-14-6-8-15(11-17)9-7-14/h13-15H,4-12,17H2,1-3H3. The molecule has 0 radical (unpaired) electrons. The van der Waals surface area contributed by atoms with Gasteiger partial charge in [-0.2, -0.15) is 0 Å². The Labute approximate surface area is 118 Å². The second-order valence-corrected chi connectivity index (χ2v) is 6.27. The molecule has 112 valence electrons. The van der Waals surface area contributed by atoms with E-state index in [0.29, 0.717) is 23.7 Å². The summed E-state index contributed by atoms with van der Waals surface area (Å²) in [6.45, 7) is 9.09. The zero-order chi connectivity index (χ0) is 14.3. The van der Waals surface area contributed by atoms with Crippen molar-refractivity contribution in [3.8, 4) is 0 Å². The fourth-order valence-electron chi connectivity index (χ4n) is 2.96. The van der Waals surface area contributed by atoms with Crippen LogP contribution in [-0.4, -0.2) is 30.4 Å². The fourth-order valence-corrected chi connectivity index (χ4v) is 2.96. The maximum Gasteiger partial charge on any atom is 0.222 e. The van der Waals surface area contributed by atoms with Crippen molar-refractivity contribution < 1.29 is 4.79 Å². The second kappa shape index (κ2) is 8.57. The van der Waals surface area contributed by atoms with Crippen molar-refractivity contribution in [1.82, 2.24) is 4.90 Å². The molecular formula is C16H32N2O. The number of nitrogens with zero attached hydrogens (tertiary/aromatic N) is 1. The molecule has 0 aliphatic heterocycles. The summed E-state index contributed by atoms with van der Waals surface area (Å²) in [5, 5.41) is 0. The molecule has 0 heterocycles. The summed E-state index contributed by atoms with van der Waals surface area (Å²) < 4.78 is 0. The summed E-state index contributed by atoms with van der Waals surface area (Å²) in [5.41, 5.74) is 5.71. The van der Waals surface area contributed by atoms with E-state index in [9.17, 15) is 4.79 Å². The van der Waals surface area contributed by atoms with Crippen LogP contribution in [0.15, 0.2) is 0 Å². The second-order valence-electron chi connectivity index (χ2n) is 6.27. The number of amides is 1. The fraction of sp³-hybridized carbons (Fsp3) is 0.938. The Hall–Kier alpha value is -0.570. The highest BCUT2D eigenvalue weighted by Crippen LogP contribution is 2.30. The first kappa shape index (κ1) is 16.5. The Morgan fingerprint density at radius 1 is 1.21 bits per heavy atom. The predicted molar refractivity (Wildman–Crippen MR) is 80.8 cm³/mol. The van der Waals surface area contributed by atoms with Crippen LogP contribution >= 0.6 is 0 Å². The van der Waals surface area contributed by atoms with E-state index in [1.165, 1.54) is 25.7 Å². The monoisotopic (exact) mass is 268 g/mol. The lowest BCUT2D eigenvalue weighted by atomic mass is 9.80. The molecule has 0 aromatic heterocycles. The lowest BCUT2D eigenvalue weighted by Gasteiger charge is -2.30. The smallest absolute Gasteiger partial charge is 0.222 e. The summed E-state index contributed by atoms with van der Waals surface area (Å²) in [5.74, 6) is 2.27. The van der Waals surface area contributed by atoms with Crippen LogP contribution in [0.2, 0.25) is 0 Å². The average Bonchev–Trinajstić information content (AvgIpc) is 2.45. The summed E-state index contributed by atoms with van der Waals surface area (Å²) >= 11 is 0. The van der Waals surface area contributed by atoms with E-state index < -0.39 is 0 Å². The Morgan fingerprint density at radius 2 is 1.79 bits per heavy atom. The lowest BCUT2D eigenvalue weighted by Crippen LogP contribution is -2.36. The topological polar surface area (TPSA) is 46.3 Å². The largest absolute Gasteiger partial charge is 0.343 e. The maximum absolute atomic E-state index is 12.3. The van der Waals surface area contributed by atoms with E-state index in [2.05, 4.69) is 20.8 Å². The quantitative estimate of drug-likeness (QED) is 0.771. The molecule has 3 heteroatoms. The van der Waals surface area contributed by atoms with E-state index in [4.69, 9.17) is 5.73 Å². The molecule has 0 aromatic rings. The number of carbonyl (C=O) groups is 1. The van der Waals surface area contributed by atoms with Gasteiger partial charge < -0.3 is 10.6 Å². The zero-order valence-corrected chi connectivity index (χ0v) is 13.0. The van der Waals surface area contributed by atoms with Gasteiger partial charge in [-0.15, -0.1) is 0 Å². The first-order chi connectivity index (χ1) is 9.10. The Balaban J connectivity index is 2.36. The Kier molecular flexibility index (Phi) is 7.44. The van der Waals surface area contributed by atoms with Crippen molar-refractivity contribution >= 4 is 5.91 Å². The summed E-state index contributed by atoms with van der Waals surface area (Å²) in [4.78, 5) is 14.4. The third-order valence-corrected chi connectivity index (χ3v) is 4.73. The van der Waals surface area contributed by atoms with Crippen molar-refractivity contribution in [2.45, 2.75) is 59.3 Å². The molecule has 19 heavy (non-hydrogen) atoms. The van der Waals surface area contributed by atoms with Gasteiger partial charge in [0, 0.05) is 19.5 Å². The summed E-state index contributed by atoms with van der Waals surface area (Å²) in [7, 11) is 0. The maximum atomic E-state index is 12.3. The van der Waals surface area contributed by atoms with Gasteiger partial charge >= 0.3 is 0 Å². The summed E-state index contributed by atoms with van der Waals surface area (Å²) in [6.07, 6.45) is 6.70. The third-order valence-electron chi connectivity index (χ3n) is 4.73. The highest BCUT2D eigenvalue weighted by atomic mass is 16.2. The van der Waals surface area contributed by atoms with Gasteiger partial charge in [0.1, 0.15) is 0 Å². The van der Waals surface area contributed by atoms with E-state index in [1.54, 1.807) is 0 Å². The molecule has 0 bridgehead atoms. The number of hydrogen-bond donors (Lipinski definition) is 1. The SMILES string of the molecule is CCC(C)CN(CC)C(=O)CC1CCC(CN)CC1.